The molecular formula is C25H33N5O2. The Balaban J connectivity index is 1.50. The van der Waals surface area contributed by atoms with Crippen molar-refractivity contribution in [1.82, 2.24) is 25.0 Å². The van der Waals surface area contributed by atoms with E-state index in [2.05, 4.69) is 43.0 Å². The number of carbonyl (C=O) groups is 1. The third kappa shape index (κ3) is 5.00. The van der Waals surface area contributed by atoms with Gasteiger partial charge in [0.15, 0.2) is 5.65 Å². The number of carbonyl (C=O) groups excluding carboxylic acids is 1. The van der Waals surface area contributed by atoms with Gasteiger partial charge >= 0.3 is 0 Å². The molecule has 32 heavy (non-hydrogen) atoms. The van der Waals surface area contributed by atoms with Crippen LogP contribution in [0.1, 0.15) is 50.5 Å². The second kappa shape index (κ2) is 9.79. The Labute approximate surface area is 189 Å². The van der Waals surface area contributed by atoms with E-state index in [0.717, 1.165) is 48.3 Å². The van der Waals surface area contributed by atoms with E-state index < -0.39 is 0 Å². The molecule has 3 heterocycles. The fourth-order valence-corrected chi connectivity index (χ4v) is 4.41. The third-order valence-electron chi connectivity index (χ3n) is 5.80. The zero-order valence-corrected chi connectivity index (χ0v) is 19.4. The van der Waals surface area contributed by atoms with E-state index in [-0.39, 0.29) is 24.2 Å². The van der Waals surface area contributed by atoms with E-state index in [1.54, 1.807) is 6.20 Å². The summed E-state index contributed by atoms with van der Waals surface area (Å²) >= 11 is 0. The molecule has 1 aliphatic heterocycles. The summed E-state index contributed by atoms with van der Waals surface area (Å²) in [6, 6.07) is 12.0. The number of aromatic nitrogens is 3. The lowest BCUT2D eigenvalue weighted by molar-refractivity contribution is -0.0679. The quantitative estimate of drug-likeness (QED) is 0.570. The number of nitrogens with one attached hydrogen (secondary N) is 1. The van der Waals surface area contributed by atoms with Crippen LogP contribution in [0.4, 0.5) is 0 Å². The van der Waals surface area contributed by atoms with Gasteiger partial charge in [-0.15, -0.1) is 0 Å². The summed E-state index contributed by atoms with van der Waals surface area (Å²) in [6.07, 6.45) is 3.17. The molecule has 1 aliphatic rings. The van der Waals surface area contributed by atoms with Crippen molar-refractivity contribution in [2.45, 2.75) is 52.4 Å². The van der Waals surface area contributed by atoms with Crippen LogP contribution in [0.2, 0.25) is 0 Å². The molecule has 1 N–H and O–H groups in total. The Kier molecular flexibility index (Phi) is 6.86. The van der Waals surface area contributed by atoms with Crippen LogP contribution < -0.4 is 5.32 Å². The number of ether oxygens (including phenoxy) is 1. The predicted molar refractivity (Wildman–Crippen MR) is 127 cm³/mol. The van der Waals surface area contributed by atoms with Gasteiger partial charge in [0, 0.05) is 37.8 Å². The van der Waals surface area contributed by atoms with Crippen molar-refractivity contribution >= 4 is 16.9 Å². The summed E-state index contributed by atoms with van der Waals surface area (Å²) in [6.45, 7) is 11.8. The topological polar surface area (TPSA) is 72.3 Å². The van der Waals surface area contributed by atoms with Crippen LogP contribution in [-0.2, 0) is 4.74 Å². The minimum absolute atomic E-state index is 0.0819. The summed E-state index contributed by atoms with van der Waals surface area (Å²) in [4.78, 5) is 20.4. The van der Waals surface area contributed by atoms with Crippen LogP contribution in [-0.4, -0.2) is 64.0 Å². The number of rotatable bonds is 7. The Hall–Kier alpha value is -2.77. The summed E-state index contributed by atoms with van der Waals surface area (Å²) in [5.41, 5.74) is 3.12. The molecule has 1 fully saturated rings. The molecule has 2 aromatic heterocycles. The molecule has 7 nitrogen and oxygen atoms in total. The zero-order chi connectivity index (χ0) is 22.7. The van der Waals surface area contributed by atoms with Gasteiger partial charge in [-0.1, -0.05) is 30.3 Å². The maximum absolute atomic E-state index is 13.2. The molecule has 2 unspecified atom stereocenters. The second-order valence-corrected chi connectivity index (χ2v) is 8.97. The van der Waals surface area contributed by atoms with Crippen molar-refractivity contribution in [3.8, 4) is 11.3 Å². The molecule has 1 amide bonds. The maximum Gasteiger partial charge on any atom is 0.252 e. The molecule has 2 atom stereocenters. The Morgan fingerprint density at radius 1 is 1.19 bits per heavy atom. The first-order valence-corrected chi connectivity index (χ1v) is 11.5. The molecule has 1 aromatic carbocycles. The number of nitrogens with zero attached hydrogens (tertiary/aromatic N) is 4. The molecule has 170 valence electrons. The number of benzene rings is 1. The normalized spacial score (nSPS) is 19.5. The lowest BCUT2D eigenvalue weighted by Crippen LogP contribution is -2.46. The van der Waals surface area contributed by atoms with Crippen molar-refractivity contribution in [3.05, 3.63) is 48.2 Å². The van der Waals surface area contributed by atoms with Gasteiger partial charge in [-0.05, 0) is 40.2 Å². The van der Waals surface area contributed by atoms with E-state index >= 15 is 0 Å². The SMILES string of the molecule is CC1CN(CCCNC(=O)c2cc(-c3ccccc3)nc3c2cnn3C(C)C)CC(C)O1. The van der Waals surface area contributed by atoms with Crippen LogP contribution in [0, 0.1) is 0 Å². The van der Waals surface area contributed by atoms with Gasteiger partial charge in [-0.3, -0.25) is 9.69 Å². The molecule has 3 aromatic rings. The van der Waals surface area contributed by atoms with Gasteiger partial charge in [-0.25, -0.2) is 9.67 Å². The highest BCUT2D eigenvalue weighted by molar-refractivity contribution is 6.06. The van der Waals surface area contributed by atoms with Crippen molar-refractivity contribution < 1.29 is 9.53 Å². The number of morpholine rings is 1. The first-order chi connectivity index (χ1) is 15.4. The summed E-state index contributed by atoms with van der Waals surface area (Å²) in [5.74, 6) is -0.0819. The van der Waals surface area contributed by atoms with Gasteiger partial charge in [0.05, 0.1) is 35.0 Å². The first kappa shape index (κ1) is 22.4. The van der Waals surface area contributed by atoms with Gasteiger partial charge < -0.3 is 10.1 Å². The smallest absolute Gasteiger partial charge is 0.252 e. The Morgan fingerprint density at radius 3 is 2.59 bits per heavy atom. The van der Waals surface area contributed by atoms with Gasteiger partial charge in [-0.2, -0.15) is 5.10 Å². The lowest BCUT2D eigenvalue weighted by atomic mass is 10.1. The van der Waals surface area contributed by atoms with Crippen molar-refractivity contribution in [2.75, 3.05) is 26.2 Å². The largest absolute Gasteiger partial charge is 0.373 e. The highest BCUT2D eigenvalue weighted by atomic mass is 16.5. The molecule has 7 heteroatoms. The molecule has 0 bridgehead atoms. The van der Waals surface area contributed by atoms with Crippen LogP contribution in [0.5, 0.6) is 0 Å². The first-order valence-electron chi connectivity index (χ1n) is 11.5. The molecule has 0 spiro atoms. The van der Waals surface area contributed by atoms with E-state index in [9.17, 15) is 4.79 Å². The lowest BCUT2D eigenvalue weighted by Gasteiger charge is -2.35. The minimum Gasteiger partial charge on any atom is -0.373 e. The summed E-state index contributed by atoms with van der Waals surface area (Å²) in [7, 11) is 0. The highest BCUT2D eigenvalue weighted by Gasteiger charge is 2.22. The Bertz CT molecular complexity index is 1050. The van der Waals surface area contributed by atoms with E-state index in [1.165, 1.54) is 0 Å². The Morgan fingerprint density at radius 2 is 1.91 bits per heavy atom. The molecule has 4 rings (SSSR count). The van der Waals surface area contributed by atoms with Gasteiger partial charge in [0.2, 0.25) is 0 Å². The molecule has 0 radical (unpaired) electrons. The third-order valence-corrected chi connectivity index (χ3v) is 5.80. The van der Waals surface area contributed by atoms with E-state index in [1.807, 2.05) is 41.1 Å². The van der Waals surface area contributed by atoms with Crippen LogP contribution >= 0.6 is 0 Å². The molecule has 1 saturated heterocycles. The fraction of sp³-hybridized carbons (Fsp3) is 0.480. The zero-order valence-electron chi connectivity index (χ0n) is 19.4. The molecule has 0 aliphatic carbocycles. The van der Waals surface area contributed by atoms with Gasteiger partial charge in [0.25, 0.3) is 5.91 Å². The molecular weight excluding hydrogens is 402 g/mol. The average Bonchev–Trinajstić information content (AvgIpc) is 3.20. The van der Waals surface area contributed by atoms with Gasteiger partial charge in [0.1, 0.15) is 0 Å². The summed E-state index contributed by atoms with van der Waals surface area (Å²) in [5, 5.41) is 8.39. The van der Waals surface area contributed by atoms with Crippen LogP contribution in [0.25, 0.3) is 22.3 Å². The summed E-state index contributed by atoms with van der Waals surface area (Å²) < 4.78 is 7.68. The number of hydrogen-bond donors (Lipinski definition) is 1. The van der Waals surface area contributed by atoms with Crippen molar-refractivity contribution in [2.24, 2.45) is 0 Å². The van der Waals surface area contributed by atoms with Crippen molar-refractivity contribution in [1.29, 1.82) is 0 Å². The fourth-order valence-electron chi connectivity index (χ4n) is 4.41. The predicted octanol–water partition coefficient (Wildman–Crippen LogP) is 3.91. The number of amides is 1. The monoisotopic (exact) mass is 435 g/mol. The van der Waals surface area contributed by atoms with E-state index in [4.69, 9.17) is 9.72 Å². The van der Waals surface area contributed by atoms with E-state index in [0.29, 0.717) is 12.1 Å². The second-order valence-electron chi connectivity index (χ2n) is 8.97. The van der Waals surface area contributed by atoms with Crippen molar-refractivity contribution in [3.63, 3.8) is 0 Å². The van der Waals surface area contributed by atoms with Crippen LogP contribution in [0.3, 0.4) is 0 Å². The maximum atomic E-state index is 13.2. The minimum atomic E-state index is -0.0819. The number of fused-ring (bicyclic) bond motifs is 1. The van der Waals surface area contributed by atoms with Crippen LogP contribution in [0.15, 0.2) is 42.6 Å². The number of hydrogen-bond acceptors (Lipinski definition) is 5. The average molecular weight is 436 g/mol. The molecule has 0 saturated carbocycles. The highest BCUT2D eigenvalue weighted by Crippen LogP contribution is 2.26. The number of pyridine rings is 1. The standard InChI is InChI=1S/C25H33N5O2/c1-17(2)30-24-22(14-27-30)21(13-23(28-24)20-9-6-5-7-10-20)25(31)26-11-8-12-29-15-18(3)32-19(4)16-29/h5-7,9-10,13-14,17-19H,8,11-12,15-16H2,1-4H3,(H,26,31).